The number of anilines is 2. The largest absolute Gasteiger partial charge is 0.465 e. The number of hydrogen-bond acceptors (Lipinski definition) is 5. The van der Waals surface area contributed by atoms with E-state index in [1.54, 1.807) is 12.1 Å². The van der Waals surface area contributed by atoms with Gasteiger partial charge in [-0.25, -0.2) is 4.79 Å². The molecule has 0 fully saturated rings. The second-order valence-corrected chi connectivity index (χ2v) is 8.37. The molecule has 1 aliphatic rings. The van der Waals surface area contributed by atoms with Gasteiger partial charge in [0, 0.05) is 28.2 Å². The number of nitrogens with one attached hydrogen (secondary N) is 1. The number of hydrogen-bond donors (Lipinski definition) is 1. The van der Waals surface area contributed by atoms with Crippen molar-refractivity contribution < 1.29 is 14.3 Å². The Balaban J connectivity index is 1.57. The molecule has 1 aromatic heterocycles. The SMILES string of the molecule is COC(=O)c1c(-c2ccc(Cl)cc2)csc1NC(=O)CN1CCCc2ccccc21. The second-order valence-electron chi connectivity index (χ2n) is 7.05. The summed E-state index contributed by atoms with van der Waals surface area (Å²) >= 11 is 7.29. The van der Waals surface area contributed by atoms with Gasteiger partial charge in [0.2, 0.25) is 5.91 Å². The number of amides is 1. The smallest absolute Gasteiger partial charge is 0.341 e. The lowest BCUT2D eigenvalue weighted by Gasteiger charge is -2.30. The Morgan fingerprint density at radius 3 is 2.70 bits per heavy atom. The standard InChI is InChI=1S/C23H21ClN2O3S/c1-29-23(28)21-18(15-8-10-17(24)11-9-15)14-30-22(21)25-20(27)13-26-12-4-6-16-5-2-3-7-19(16)26/h2-3,5,7-11,14H,4,6,12-13H2,1H3,(H,25,27). The van der Waals surface area contributed by atoms with Crippen LogP contribution >= 0.6 is 22.9 Å². The molecular weight excluding hydrogens is 420 g/mol. The van der Waals surface area contributed by atoms with Crippen molar-refractivity contribution in [3.05, 3.63) is 70.1 Å². The number of ether oxygens (including phenoxy) is 1. The Morgan fingerprint density at radius 1 is 1.17 bits per heavy atom. The molecule has 0 unspecified atom stereocenters. The molecular formula is C23H21ClN2O3S. The number of esters is 1. The van der Waals surface area contributed by atoms with Crippen LogP contribution in [0.2, 0.25) is 5.02 Å². The van der Waals surface area contributed by atoms with E-state index in [2.05, 4.69) is 16.3 Å². The van der Waals surface area contributed by atoms with Crippen molar-refractivity contribution in [2.75, 3.05) is 30.4 Å². The molecule has 2 aromatic carbocycles. The second kappa shape index (κ2) is 8.90. The van der Waals surface area contributed by atoms with E-state index in [9.17, 15) is 9.59 Å². The summed E-state index contributed by atoms with van der Waals surface area (Å²) in [6.45, 7) is 1.06. The van der Waals surface area contributed by atoms with Gasteiger partial charge in [0.1, 0.15) is 10.6 Å². The van der Waals surface area contributed by atoms with Gasteiger partial charge < -0.3 is 15.0 Å². The van der Waals surface area contributed by atoms with Crippen LogP contribution in [0.15, 0.2) is 53.9 Å². The highest BCUT2D eigenvalue weighted by Crippen LogP contribution is 2.36. The molecule has 30 heavy (non-hydrogen) atoms. The monoisotopic (exact) mass is 440 g/mol. The van der Waals surface area contributed by atoms with E-state index < -0.39 is 5.97 Å². The number of thiophene rings is 1. The van der Waals surface area contributed by atoms with E-state index in [1.165, 1.54) is 24.0 Å². The quantitative estimate of drug-likeness (QED) is 0.551. The van der Waals surface area contributed by atoms with Crippen LogP contribution in [0.5, 0.6) is 0 Å². The number of rotatable bonds is 5. The van der Waals surface area contributed by atoms with Gasteiger partial charge in [0.05, 0.1) is 13.7 Å². The molecule has 0 bridgehead atoms. The van der Waals surface area contributed by atoms with Crippen LogP contribution < -0.4 is 10.2 Å². The average Bonchev–Trinajstić information content (AvgIpc) is 3.17. The lowest BCUT2D eigenvalue weighted by Crippen LogP contribution is -2.36. The maximum absolute atomic E-state index is 12.8. The minimum atomic E-state index is -0.486. The predicted molar refractivity (Wildman–Crippen MR) is 122 cm³/mol. The number of aryl methyl sites for hydroxylation is 1. The van der Waals surface area contributed by atoms with E-state index >= 15 is 0 Å². The molecule has 5 nitrogen and oxygen atoms in total. The highest BCUT2D eigenvalue weighted by molar-refractivity contribution is 7.15. The van der Waals surface area contributed by atoms with Gasteiger partial charge in [0.15, 0.2) is 0 Å². The Morgan fingerprint density at radius 2 is 1.93 bits per heavy atom. The molecule has 0 aliphatic carbocycles. The van der Waals surface area contributed by atoms with Gasteiger partial charge in [-0.05, 0) is 42.2 Å². The summed E-state index contributed by atoms with van der Waals surface area (Å²) in [5, 5.41) is 5.87. The van der Waals surface area contributed by atoms with Crippen molar-refractivity contribution in [3.63, 3.8) is 0 Å². The van der Waals surface area contributed by atoms with E-state index in [1.807, 2.05) is 35.7 Å². The van der Waals surface area contributed by atoms with E-state index in [0.717, 1.165) is 30.6 Å². The molecule has 3 aromatic rings. The van der Waals surface area contributed by atoms with E-state index in [4.69, 9.17) is 16.3 Å². The van der Waals surface area contributed by atoms with Crippen molar-refractivity contribution in [3.8, 4) is 11.1 Å². The summed E-state index contributed by atoms with van der Waals surface area (Å²) in [4.78, 5) is 27.4. The third kappa shape index (κ3) is 4.20. The van der Waals surface area contributed by atoms with Crippen LogP contribution in [0.25, 0.3) is 11.1 Å². The molecule has 0 saturated carbocycles. The molecule has 1 N–H and O–H groups in total. The molecule has 1 aliphatic heterocycles. The molecule has 0 spiro atoms. The number of benzene rings is 2. The summed E-state index contributed by atoms with van der Waals surface area (Å²) < 4.78 is 4.98. The summed E-state index contributed by atoms with van der Waals surface area (Å²) in [7, 11) is 1.34. The van der Waals surface area contributed by atoms with Crippen molar-refractivity contribution in [2.45, 2.75) is 12.8 Å². The fourth-order valence-electron chi connectivity index (χ4n) is 3.71. The molecule has 7 heteroatoms. The number of fused-ring (bicyclic) bond motifs is 1. The maximum atomic E-state index is 12.8. The average molecular weight is 441 g/mol. The molecule has 154 valence electrons. The van der Waals surface area contributed by atoms with Gasteiger partial charge in [-0.2, -0.15) is 0 Å². The predicted octanol–water partition coefficient (Wildman–Crippen LogP) is 5.25. The Kier molecular flexibility index (Phi) is 6.06. The van der Waals surface area contributed by atoms with Crippen LogP contribution in [0.3, 0.4) is 0 Å². The van der Waals surface area contributed by atoms with Crippen LogP contribution in [-0.4, -0.2) is 32.1 Å². The molecule has 2 heterocycles. The van der Waals surface area contributed by atoms with Crippen molar-refractivity contribution in [2.24, 2.45) is 0 Å². The zero-order chi connectivity index (χ0) is 21.1. The van der Waals surface area contributed by atoms with Crippen LogP contribution in [-0.2, 0) is 16.0 Å². The number of carbonyl (C=O) groups excluding carboxylic acids is 2. The van der Waals surface area contributed by atoms with E-state index in [-0.39, 0.29) is 12.5 Å². The molecule has 0 atom stereocenters. The zero-order valence-corrected chi connectivity index (χ0v) is 18.1. The first-order chi connectivity index (χ1) is 14.6. The van der Waals surface area contributed by atoms with Crippen molar-refractivity contribution in [1.29, 1.82) is 0 Å². The Bertz CT molecular complexity index is 1080. The minimum absolute atomic E-state index is 0.165. The Labute approximate surface area is 184 Å². The highest BCUT2D eigenvalue weighted by atomic mass is 35.5. The summed E-state index contributed by atoms with van der Waals surface area (Å²) in [6.07, 6.45) is 2.04. The van der Waals surface area contributed by atoms with Crippen molar-refractivity contribution >= 4 is 45.5 Å². The first kappa shape index (κ1) is 20.4. The lowest BCUT2D eigenvalue weighted by atomic mass is 10.0. The fourth-order valence-corrected chi connectivity index (χ4v) is 4.81. The van der Waals surface area contributed by atoms with Crippen LogP contribution in [0, 0.1) is 0 Å². The molecule has 0 saturated heterocycles. The summed E-state index contributed by atoms with van der Waals surface area (Å²) in [5.41, 5.74) is 4.26. The zero-order valence-electron chi connectivity index (χ0n) is 16.5. The third-order valence-electron chi connectivity index (χ3n) is 5.13. The van der Waals surface area contributed by atoms with Gasteiger partial charge in [-0.3, -0.25) is 4.79 Å². The first-order valence-corrected chi connectivity index (χ1v) is 10.9. The molecule has 4 rings (SSSR count). The minimum Gasteiger partial charge on any atom is -0.465 e. The van der Waals surface area contributed by atoms with Crippen LogP contribution in [0.1, 0.15) is 22.3 Å². The maximum Gasteiger partial charge on any atom is 0.341 e. The lowest BCUT2D eigenvalue weighted by molar-refractivity contribution is -0.115. The number of nitrogens with zero attached hydrogens (tertiary/aromatic N) is 1. The van der Waals surface area contributed by atoms with Crippen LogP contribution in [0.4, 0.5) is 10.7 Å². The highest BCUT2D eigenvalue weighted by Gasteiger charge is 2.24. The topological polar surface area (TPSA) is 58.6 Å². The third-order valence-corrected chi connectivity index (χ3v) is 6.28. The molecule has 0 radical (unpaired) electrons. The number of carbonyl (C=O) groups is 2. The van der Waals surface area contributed by atoms with Gasteiger partial charge >= 0.3 is 5.97 Å². The van der Waals surface area contributed by atoms with Crippen molar-refractivity contribution in [1.82, 2.24) is 0 Å². The number of halogens is 1. The normalized spacial score (nSPS) is 12.9. The molecule has 1 amide bonds. The van der Waals surface area contributed by atoms with E-state index in [0.29, 0.717) is 21.2 Å². The summed E-state index contributed by atoms with van der Waals surface area (Å²) in [5.74, 6) is -0.652. The fraction of sp³-hybridized carbons (Fsp3) is 0.217. The first-order valence-electron chi connectivity index (χ1n) is 9.65. The van der Waals surface area contributed by atoms with Gasteiger partial charge in [0.25, 0.3) is 0 Å². The van der Waals surface area contributed by atoms with Gasteiger partial charge in [-0.15, -0.1) is 11.3 Å². The van der Waals surface area contributed by atoms with Gasteiger partial charge in [-0.1, -0.05) is 41.9 Å². The number of para-hydroxylation sites is 1. The number of methoxy groups -OCH3 is 1. The summed E-state index contributed by atoms with van der Waals surface area (Å²) in [6, 6.07) is 15.4. The Hall–Kier alpha value is -2.83.